The molecule has 228 valence electrons. The number of pyridine rings is 1. The maximum Gasteiger partial charge on any atom is 0.0794 e. The van der Waals surface area contributed by atoms with Crippen LogP contribution in [0.1, 0.15) is 0 Å². The Kier molecular flexibility index (Phi) is 6.22. The molecule has 2 heterocycles. The van der Waals surface area contributed by atoms with Gasteiger partial charge in [0.05, 0.1) is 27.9 Å². The summed E-state index contributed by atoms with van der Waals surface area (Å²) < 4.78 is 2.39. The molecule has 0 aliphatic rings. The fourth-order valence-corrected chi connectivity index (χ4v) is 7.69. The van der Waals surface area contributed by atoms with Gasteiger partial charge < -0.3 is 4.57 Å². The van der Waals surface area contributed by atoms with Crippen molar-refractivity contribution < 1.29 is 0 Å². The van der Waals surface area contributed by atoms with E-state index in [9.17, 15) is 0 Å². The highest BCUT2D eigenvalue weighted by molar-refractivity contribution is 6.25. The Morgan fingerprint density at radius 3 is 1.47 bits per heavy atom. The van der Waals surface area contributed by atoms with Crippen molar-refractivity contribution in [3.05, 3.63) is 182 Å². The highest BCUT2D eigenvalue weighted by Gasteiger charge is 2.18. The zero-order chi connectivity index (χ0) is 32.3. The van der Waals surface area contributed by atoms with Crippen LogP contribution in [-0.2, 0) is 0 Å². The van der Waals surface area contributed by atoms with Crippen LogP contribution in [0.25, 0.3) is 93.5 Å². The summed E-state index contributed by atoms with van der Waals surface area (Å²) in [5.74, 6) is 0. The smallest absolute Gasteiger partial charge is 0.0794 e. The first-order valence-corrected chi connectivity index (χ1v) is 16.8. The third-order valence-corrected chi connectivity index (χ3v) is 9.99. The molecule has 0 saturated carbocycles. The van der Waals surface area contributed by atoms with E-state index in [1.54, 1.807) is 0 Å². The van der Waals surface area contributed by atoms with Gasteiger partial charge in [-0.15, -0.1) is 0 Å². The molecule has 2 aromatic heterocycles. The quantitative estimate of drug-likeness (QED) is 0.179. The molecule has 0 amide bonds. The van der Waals surface area contributed by atoms with E-state index >= 15 is 0 Å². The van der Waals surface area contributed by atoms with Crippen LogP contribution in [0.5, 0.6) is 0 Å². The molecule has 0 aliphatic heterocycles. The molecule has 0 spiro atoms. The molecule has 0 bridgehead atoms. The number of rotatable bonds is 4. The largest absolute Gasteiger partial charge is 0.309 e. The van der Waals surface area contributed by atoms with Crippen molar-refractivity contribution in [3.8, 4) is 39.2 Å². The van der Waals surface area contributed by atoms with Gasteiger partial charge in [0.2, 0.25) is 0 Å². The van der Waals surface area contributed by atoms with Crippen LogP contribution < -0.4 is 0 Å². The van der Waals surface area contributed by atoms with Crippen LogP contribution in [0, 0.1) is 0 Å². The number of para-hydroxylation sites is 3. The van der Waals surface area contributed by atoms with E-state index in [-0.39, 0.29) is 0 Å². The summed E-state index contributed by atoms with van der Waals surface area (Å²) in [7, 11) is 0. The number of nitrogens with zero attached hydrogens (tertiary/aromatic N) is 2. The van der Waals surface area contributed by atoms with E-state index in [1.807, 2.05) is 0 Å². The van der Waals surface area contributed by atoms with Gasteiger partial charge in [-0.05, 0) is 80.9 Å². The second kappa shape index (κ2) is 11.0. The predicted octanol–water partition coefficient (Wildman–Crippen LogP) is 12.6. The van der Waals surface area contributed by atoms with Crippen molar-refractivity contribution in [1.29, 1.82) is 0 Å². The number of hydrogen-bond donors (Lipinski definition) is 0. The van der Waals surface area contributed by atoms with Gasteiger partial charge in [-0.1, -0.05) is 140 Å². The Bertz CT molecular complexity index is 2810. The normalized spacial score (nSPS) is 11.7. The fraction of sp³-hybridized carbons (Fsp3) is 0. The first-order valence-electron chi connectivity index (χ1n) is 16.8. The predicted molar refractivity (Wildman–Crippen MR) is 207 cm³/mol. The lowest BCUT2D eigenvalue weighted by molar-refractivity contribution is 1.18. The van der Waals surface area contributed by atoms with Crippen LogP contribution in [-0.4, -0.2) is 9.55 Å². The van der Waals surface area contributed by atoms with Gasteiger partial charge in [0.25, 0.3) is 0 Å². The van der Waals surface area contributed by atoms with Crippen molar-refractivity contribution in [2.45, 2.75) is 0 Å². The number of benzene rings is 8. The monoisotopic (exact) mass is 622 g/mol. The SMILES string of the molecule is c1ccc(-c2ccc3c(c2)c2cc(-c4ccccc4)ccc2c2nc(-c4ccccc4-n4c5ccccc5c5ccccc54)ccc32)cc1. The summed E-state index contributed by atoms with van der Waals surface area (Å²) in [6.07, 6.45) is 0. The first kappa shape index (κ1) is 27.6. The molecule has 8 aromatic carbocycles. The van der Waals surface area contributed by atoms with Gasteiger partial charge in [0.15, 0.2) is 0 Å². The lowest BCUT2D eigenvalue weighted by atomic mass is 9.91. The first-order chi connectivity index (χ1) is 24.3. The summed E-state index contributed by atoms with van der Waals surface area (Å²) in [5.41, 5.74) is 11.4. The van der Waals surface area contributed by atoms with Crippen LogP contribution in [0.2, 0.25) is 0 Å². The average molecular weight is 623 g/mol. The molecule has 0 atom stereocenters. The highest BCUT2D eigenvalue weighted by atomic mass is 15.0. The minimum Gasteiger partial charge on any atom is -0.309 e. The molecule has 2 nitrogen and oxygen atoms in total. The summed E-state index contributed by atoms with van der Waals surface area (Å²) >= 11 is 0. The molecule has 2 heteroatoms. The van der Waals surface area contributed by atoms with E-state index < -0.39 is 0 Å². The maximum absolute atomic E-state index is 5.52. The van der Waals surface area contributed by atoms with Crippen LogP contribution in [0.4, 0.5) is 0 Å². The van der Waals surface area contributed by atoms with Crippen molar-refractivity contribution in [1.82, 2.24) is 9.55 Å². The summed E-state index contributed by atoms with van der Waals surface area (Å²) in [5, 5.41) is 8.48. The van der Waals surface area contributed by atoms with Gasteiger partial charge in [0.1, 0.15) is 0 Å². The van der Waals surface area contributed by atoms with Gasteiger partial charge >= 0.3 is 0 Å². The van der Waals surface area contributed by atoms with Crippen molar-refractivity contribution >= 4 is 54.3 Å². The number of fused-ring (bicyclic) bond motifs is 9. The third kappa shape index (κ3) is 4.38. The Labute approximate surface area is 284 Å². The molecule has 10 rings (SSSR count). The van der Waals surface area contributed by atoms with E-state index in [1.165, 1.54) is 60.2 Å². The number of aromatic nitrogens is 2. The zero-order valence-electron chi connectivity index (χ0n) is 26.7. The lowest BCUT2D eigenvalue weighted by Crippen LogP contribution is -1.98. The molecule has 0 saturated heterocycles. The van der Waals surface area contributed by atoms with Crippen molar-refractivity contribution in [2.24, 2.45) is 0 Å². The Balaban J connectivity index is 1.25. The Morgan fingerprint density at radius 1 is 0.327 bits per heavy atom. The third-order valence-electron chi connectivity index (χ3n) is 9.99. The molecule has 0 aliphatic carbocycles. The molecule has 0 unspecified atom stereocenters. The Morgan fingerprint density at radius 2 is 0.816 bits per heavy atom. The van der Waals surface area contributed by atoms with E-state index in [0.29, 0.717) is 0 Å². The van der Waals surface area contributed by atoms with E-state index in [0.717, 1.165) is 33.2 Å². The van der Waals surface area contributed by atoms with E-state index in [4.69, 9.17) is 4.98 Å². The molecule has 49 heavy (non-hydrogen) atoms. The van der Waals surface area contributed by atoms with Crippen molar-refractivity contribution in [3.63, 3.8) is 0 Å². The minimum atomic E-state index is 0.957. The molecule has 0 fully saturated rings. The highest BCUT2D eigenvalue weighted by Crippen LogP contribution is 2.41. The maximum atomic E-state index is 5.52. The van der Waals surface area contributed by atoms with Gasteiger partial charge in [-0.3, -0.25) is 0 Å². The van der Waals surface area contributed by atoms with Gasteiger partial charge in [0, 0.05) is 27.1 Å². The molecule has 0 N–H and O–H groups in total. The topological polar surface area (TPSA) is 17.8 Å². The Hall–Kier alpha value is -6.51. The molecule has 10 aromatic rings. The molecular formula is C47H30N2. The standard InChI is InChI=1S/C47H30N2/c1-3-13-31(14-4-1)33-23-25-35-38-27-28-43(48-47(38)39-26-24-34(30-42(39)41(35)29-33)32-15-5-2-6-16-32)40-19-9-12-22-46(40)49-44-20-10-7-17-36(44)37-18-8-11-21-45(37)49/h1-30H. The molecular weight excluding hydrogens is 593 g/mol. The van der Waals surface area contributed by atoms with E-state index in [2.05, 4.69) is 187 Å². The van der Waals surface area contributed by atoms with Gasteiger partial charge in [-0.2, -0.15) is 0 Å². The van der Waals surface area contributed by atoms with Crippen LogP contribution >= 0.6 is 0 Å². The van der Waals surface area contributed by atoms with Crippen molar-refractivity contribution in [2.75, 3.05) is 0 Å². The average Bonchev–Trinajstić information content (AvgIpc) is 3.52. The van der Waals surface area contributed by atoms with Gasteiger partial charge in [-0.25, -0.2) is 4.98 Å². The lowest BCUT2D eigenvalue weighted by Gasteiger charge is -2.16. The van der Waals surface area contributed by atoms with Crippen LogP contribution in [0.15, 0.2) is 182 Å². The fourth-order valence-electron chi connectivity index (χ4n) is 7.69. The summed E-state index contributed by atoms with van der Waals surface area (Å²) in [6.45, 7) is 0. The van der Waals surface area contributed by atoms with Crippen LogP contribution in [0.3, 0.4) is 0 Å². The summed E-state index contributed by atoms with van der Waals surface area (Å²) in [6, 6.07) is 65.5. The second-order valence-corrected chi connectivity index (χ2v) is 12.7. The zero-order valence-corrected chi connectivity index (χ0v) is 26.7. The minimum absolute atomic E-state index is 0.957. The number of hydrogen-bond acceptors (Lipinski definition) is 1. The molecule has 0 radical (unpaired) electrons. The second-order valence-electron chi connectivity index (χ2n) is 12.7. The summed E-state index contributed by atoms with van der Waals surface area (Å²) in [4.78, 5) is 5.52.